The summed E-state index contributed by atoms with van der Waals surface area (Å²) in [6.07, 6.45) is 1.85. The van der Waals surface area contributed by atoms with Gasteiger partial charge in [-0.05, 0) is 23.6 Å². The molecule has 0 unspecified atom stereocenters. The van der Waals surface area contributed by atoms with Crippen molar-refractivity contribution >= 4 is 33.6 Å². The average Bonchev–Trinajstić information content (AvgIpc) is 2.82. The number of nitrogen functional groups attached to an aromatic ring is 1. The summed E-state index contributed by atoms with van der Waals surface area (Å²) in [6, 6.07) is 12.1. The van der Waals surface area contributed by atoms with E-state index in [1.165, 1.54) is 0 Å². The number of para-hydroxylation sites is 1. The molecule has 0 aliphatic rings. The number of nitrogens with two attached hydrogens (primary N) is 1. The number of hydrogen-bond acceptors (Lipinski definition) is 4. The van der Waals surface area contributed by atoms with Crippen LogP contribution in [0.3, 0.4) is 0 Å². The van der Waals surface area contributed by atoms with Crippen LogP contribution in [-0.4, -0.2) is 4.98 Å². The van der Waals surface area contributed by atoms with Crippen LogP contribution in [0.4, 0.5) is 11.4 Å². The fourth-order valence-electron chi connectivity index (χ4n) is 1.84. The molecule has 0 aliphatic carbocycles. The van der Waals surface area contributed by atoms with Crippen LogP contribution in [0.1, 0.15) is 4.88 Å². The number of nitrogens with one attached hydrogen (secondary N) is 1. The molecule has 0 saturated carbocycles. The fraction of sp³-hybridized carbons (Fsp3) is 0.0714. The van der Waals surface area contributed by atoms with Crippen LogP contribution >= 0.6 is 11.3 Å². The molecule has 3 rings (SSSR count). The molecule has 1 aromatic carbocycles. The zero-order valence-electron chi connectivity index (χ0n) is 9.76. The highest BCUT2D eigenvalue weighted by Crippen LogP contribution is 2.21. The zero-order valence-corrected chi connectivity index (χ0v) is 10.6. The van der Waals surface area contributed by atoms with Gasteiger partial charge in [0, 0.05) is 16.0 Å². The number of rotatable bonds is 3. The highest BCUT2D eigenvalue weighted by atomic mass is 32.1. The normalized spacial score (nSPS) is 10.7. The number of pyridine rings is 1. The largest absolute Gasteiger partial charge is 0.398 e. The lowest BCUT2D eigenvalue weighted by atomic mass is 10.2. The molecule has 2 aromatic heterocycles. The molecule has 90 valence electrons. The predicted octanol–water partition coefficient (Wildman–Crippen LogP) is 3.49. The Labute approximate surface area is 109 Å². The molecule has 0 fully saturated rings. The number of anilines is 2. The minimum Gasteiger partial charge on any atom is -0.398 e. The van der Waals surface area contributed by atoms with Gasteiger partial charge in [0.05, 0.1) is 23.9 Å². The molecule has 3 N–H and O–H groups in total. The molecule has 3 aromatic rings. The Kier molecular flexibility index (Phi) is 2.86. The molecule has 0 atom stereocenters. The summed E-state index contributed by atoms with van der Waals surface area (Å²) in [4.78, 5) is 5.57. The Hall–Kier alpha value is -2.07. The summed E-state index contributed by atoms with van der Waals surface area (Å²) in [6.45, 7) is 0.740. The standard InChI is InChI=1S/C14H13N3S/c15-12-5-6-18-14(12)9-16-11-7-10-3-1-2-4-13(10)17-8-11/h1-8,16H,9,15H2. The lowest BCUT2D eigenvalue weighted by molar-refractivity contribution is 1.19. The summed E-state index contributed by atoms with van der Waals surface area (Å²) >= 11 is 1.66. The average molecular weight is 255 g/mol. The van der Waals surface area contributed by atoms with E-state index in [0.717, 1.165) is 33.7 Å². The van der Waals surface area contributed by atoms with Crippen molar-refractivity contribution < 1.29 is 0 Å². The number of aromatic nitrogens is 1. The highest BCUT2D eigenvalue weighted by Gasteiger charge is 2.01. The Morgan fingerprint density at radius 2 is 2.11 bits per heavy atom. The van der Waals surface area contributed by atoms with Gasteiger partial charge in [-0.2, -0.15) is 0 Å². The lowest BCUT2D eigenvalue weighted by Crippen LogP contribution is -2.00. The molecule has 2 heterocycles. The van der Waals surface area contributed by atoms with Gasteiger partial charge in [0.25, 0.3) is 0 Å². The van der Waals surface area contributed by atoms with Crippen molar-refractivity contribution in [3.63, 3.8) is 0 Å². The van der Waals surface area contributed by atoms with Gasteiger partial charge >= 0.3 is 0 Å². The van der Waals surface area contributed by atoms with Gasteiger partial charge in [-0.25, -0.2) is 0 Å². The molecule has 0 spiro atoms. The second-order valence-corrected chi connectivity index (χ2v) is 5.07. The van der Waals surface area contributed by atoms with Crippen LogP contribution < -0.4 is 11.1 Å². The molecule has 0 aliphatic heterocycles. The van der Waals surface area contributed by atoms with Crippen LogP contribution in [0.25, 0.3) is 10.9 Å². The van der Waals surface area contributed by atoms with Crippen molar-refractivity contribution in [2.75, 3.05) is 11.1 Å². The minimum atomic E-state index is 0.740. The molecule has 0 bridgehead atoms. The molecule has 4 heteroatoms. The smallest absolute Gasteiger partial charge is 0.0703 e. The van der Waals surface area contributed by atoms with Gasteiger partial charge in [-0.3, -0.25) is 4.98 Å². The third-order valence-electron chi connectivity index (χ3n) is 2.82. The van der Waals surface area contributed by atoms with Crippen LogP contribution in [0.5, 0.6) is 0 Å². The molecular weight excluding hydrogens is 242 g/mol. The van der Waals surface area contributed by atoms with E-state index in [1.807, 2.05) is 35.8 Å². The van der Waals surface area contributed by atoms with Crippen LogP contribution in [0.15, 0.2) is 48.0 Å². The Bertz CT molecular complexity index is 675. The first-order valence-electron chi connectivity index (χ1n) is 5.73. The minimum absolute atomic E-state index is 0.740. The second kappa shape index (κ2) is 4.66. The quantitative estimate of drug-likeness (QED) is 0.753. The zero-order chi connectivity index (χ0) is 12.4. The summed E-state index contributed by atoms with van der Waals surface area (Å²) in [7, 11) is 0. The SMILES string of the molecule is Nc1ccsc1CNc1cnc2ccccc2c1. The lowest BCUT2D eigenvalue weighted by Gasteiger charge is -2.06. The second-order valence-electron chi connectivity index (χ2n) is 4.07. The van der Waals surface area contributed by atoms with E-state index in [9.17, 15) is 0 Å². The highest BCUT2D eigenvalue weighted by molar-refractivity contribution is 7.10. The van der Waals surface area contributed by atoms with Crippen molar-refractivity contribution in [2.24, 2.45) is 0 Å². The van der Waals surface area contributed by atoms with Gasteiger partial charge in [0.1, 0.15) is 0 Å². The van der Waals surface area contributed by atoms with Gasteiger partial charge < -0.3 is 11.1 Å². The van der Waals surface area contributed by atoms with Crippen molar-refractivity contribution in [3.8, 4) is 0 Å². The number of nitrogens with zero attached hydrogens (tertiary/aromatic N) is 1. The first-order chi connectivity index (χ1) is 8.83. The first-order valence-corrected chi connectivity index (χ1v) is 6.61. The Morgan fingerprint density at radius 3 is 2.94 bits per heavy atom. The van der Waals surface area contributed by atoms with Gasteiger partial charge in [-0.15, -0.1) is 11.3 Å². The van der Waals surface area contributed by atoms with Crippen LogP contribution in [0.2, 0.25) is 0 Å². The van der Waals surface area contributed by atoms with Crippen molar-refractivity contribution in [1.82, 2.24) is 4.98 Å². The fourth-order valence-corrected chi connectivity index (χ4v) is 2.58. The predicted molar refractivity (Wildman–Crippen MR) is 77.8 cm³/mol. The first kappa shape index (κ1) is 11.0. The van der Waals surface area contributed by atoms with E-state index in [-0.39, 0.29) is 0 Å². The molecule has 18 heavy (non-hydrogen) atoms. The maximum Gasteiger partial charge on any atom is 0.0703 e. The Morgan fingerprint density at radius 1 is 1.22 bits per heavy atom. The van der Waals surface area contributed by atoms with Gasteiger partial charge in [0.2, 0.25) is 0 Å². The monoisotopic (exact) mass is 255 g/mol. The van der Waals surface area contributed by atoms with E-state index in [0.29, 0.717) is 0 Å². The van der Waals surface area contributed by atoms with E-state index in [1.54, 1.807) is 11.3 Å². The van der Waals surface area contributed by atoms with Gasteiger partial charge in [0.15, 0.2) is 0 Å². The van der Waals surface area contributed by atoms with E-state index in [4.69, 9.17) is 5.73 Å². The number of fused-ring (bicyclic) bond motifs is 1. The third-order valence-corrected chi connectivity index (χ3v) is 3.76. The van der Waals surface area contributed by atoms with Crippen LogP contribution in [0, 0.1) is 0 Å². The summed E-state index contributed by atoms with van der Waals surface area (Å²) in [5, 5.41) is 6.49. The molecule has 0 saturated heterocycles. The van der Waals surface area contributed by atoms with Crippen LogP contribution in [-0.2, 0) is 6.54 Å². The van der Waals surface area contributed by atoms with E-state index < -0.39 is 0 Å². The maximum atomic E-state index is 5.85. The summed E-state index contributed by atoms with van der Waals surface area (Å²) < 4.78 is 0. The summed E-state index contributed by atoms with van der Waals surface area (Å²) in [5.41, 5.74) is 8.73. The summed E-state index contributed by atoms with van der Waals surface area (Å²) in [5.74, 6) is 0. The molecular formula is C14H13N3S. The molecule has 0 amide bonds. The maximum absolute atomic E-state index is 5.85. The molecule has 0 radical (unpaired) electrons. The van der Waals surface area contributed by atoms with E-state index >= 15 is 0 Å². The third kappa shape index (κ3) is 2.15. The van der Waals surface area contributed by atoms with Crippen molar-refractivity contribution in [3.05, 3.63) is 52.9 Å². The topological polar surface area (TPSA) is 50.9 Å². The van der Waals surface area contributed by atoms with Crippen molar-refractivity contribution in [2.45, 2.75) is 6.54 Å². The number of benzene rings is 1. The van der Waals surface area contributed by atoms with Gasteiger partial charge in [-0.1, -0.05) is 18.2 Å². The number of thiophene rings is 1. The van der Waals surface area contributed by atoms with E-state index in [2.05, 4.69) is 22.4 Å². The molecule has 3 nitrogen and oxygen atoms in total. The Balaban J connectivity index is 1.81. The van der Waals surface area contributed by atoms with Crippen molar-refractivity contribution in [1.29, 1.82) is 0 Å². The number of hydrogen-bond donors (Lipinski definition) is 2.